The zero-order valence-electron chi connectivity index (χ0n) is 17.9. The highest BCUT2D eigenvalue weighted by molar-refractivity contribution is 7.91. The minimum atomic E-state index is -4.66. The van der Waals surface area contributed by atoms with Gasteiger partial charge in [-0.25, -0.2) is 31.8 Å². The highest BCUT2D eigenvalue weighted by atomic mass is 32.2. The number of hydrogen-bond acceptors (Lipinski definition) is 8. The maximum atomic E-state index is 13.0. The zero-order chi connectivity index (χ0) is 24.6. The lowest BCUT2D eigenvalue weighted by Gasteiger charge is -2.12. The van der Waals surface area contributed by atoms with Gasteiger partial charge in [-0.2, -0.15) is 13.2 Å². The summed E-state index contributed by atoms with van der Waals surface area (Å²) in [6.45, 7) is 1.46. The van der Waals surface area contributed by atoms with E-state index in [0.29, 0.717) is 0 Å². The summed E-state index contributed by atoms with van der Waals surface area (Å²) in [5.41, 5.74) is -0.919. The Bertz CT molecular complexity index is 1400. The number of sulfone groups is 2. The standard InChI is InChI=1S/C19H21F3N4O5S2/c1-4-33(29,30)15-8-12(31-6-5-7-32(3,27)28)10-24-17(15)18-25-13-9-16(19(20,21)22)23-11-14(13)26(18)2/h8-11H,4-7H2,1-3H3. The predicted molar refractivity (Wildman–Crippen MR) is 114 cm³/mol. The average molecular weight is 507 g/mol. The maximum Gasteiger partial charge on any atom is 0.433 e. The van der Waals surface area contributed by atoms with Crippen molar-refractivity contribution < 1.29 is 34.7 Å². The molecule has 9 nitrogen and oxygen atoms in total. The number of fused-ring (bicyclic) bond motifs is 1. The number of rotatable bonds is 8. The Morgan fingerprint density at radius 3 is 2.39 bits per heavy atom. The summed E-state index contributed by atoms with van der Waals surface area (Å²) in [5, 5.41) is 0. The molecule has 0 unspecified atom stereocenters. The summed E-state index contributed by atoms with van der Waals surface area (Å²) < 4.78 is 93.9. The molecule has 0 spiro atoms. The van der Waals surface area contributed by atoms with E-state index in [4.69, 9.17) is 4.74 Å². The molecule has 0 radical (unpaired) electrons. The molecule has 0 aromatic carbocycles. The van der Waals surface area contributed by atoms with Crippen LogP contribution in [-0.2, 0) is 32.9 Å². The van der Waals surface area contributed by atoms with E-state index in [-0.39, 0.29) is 57.7 Å². The lowest BCUT2D eigenvalue weighted by atomic mass is 10.3. The van der Waals surface area contributed by atoms with Crippen LogP contribution in [0.4, 0.5) is 13.2 Å². The molecule has 33 heavy (non-hydrogen) atoms. The van der Waals surface area contributed by atoms with Gasteiger partial charge in [-0.1, -0.05) is 6.92 Å². The largest absolute Gasteiger partial charge is 0.492 e. The number of aromatic nitrogens is 4. The lowest BCUT2D eigenvalue weighted by Crippen LogP contribution is -2.11. The first-order chi connectivity index (χ1) is 15.2. The molecule has 0 atom stereocenters. The van der Waals surface area contributed by atoms with Gasteiger partial charge in [0.05, 0.1) is 41.5 Å². The van der Waals surface area contributed by atoms with Crippen LogP contribution in [0.25, 0.3) is 22.6 Å². The second-order valence-corrected chi connectivity index (χ2v) is 11.8. The summed E-state index contributed by atoms with van der Waals surface area (Å²) in [5.74, 6) is -0.198. The third kappa shape index (κ3) is 5.61. The fraction of sp³-hybridized carbons (Fsp3) is 0.421. The van der Waals surface area contributed by atoms with Gasteiger partial charge in [0.25, 0.3) is 0 Å². The molecule has 3 heterocycles. The summed E-state index contributed by atoms with van der Waals surface area (Å²) in [6, 6.07) is 2.03. The first-order valence-corrected chi connectivity index (χ1v) is 13.4. The van der Waals surface area contributed by atoms with Gasteiger partial charge in [-0.3, -0.25) is 0 Å². The molecular formula is C19H21F3N4O5S2. The summed E-state index contributed by atoms with van der Waals surface area (Å²) in [7, 11) is -5.48. The Morgan fingerprint density at radius 1 is 1.09 bits per heavy atom. The fourth-order valence-electron chi connectivity index (χ4n) is 3.03. The van der Waals surface area contributed by atoms with Crippen LogP contribution in [0.5, 0.6) is 5.75 Å². The van der Waals surface area contributed by atoms with Gasteiger partial charge in [-0.15, -0.1) is 0 Å². The second kappa shape index (κ2) is 8.89. The van der Waals surface area contributed by atoms with Crippen molar-refractivity contribution >= 4 is 30.7 Å². The van der Waals surface area contributed by atoms with E-state index in [9.17, 15) is 30.0 Å². The van der Waals surface area contributed by atoms with Crippen molar-refractivity contribution in [3.63, 3.8) is 0 Å². The number of nitrogens with zero attached hydrogens (tertiary/aromatic N) is 4. The minimum absolute atomic E-state index is 0.0161. The molecule has 0 amide bonds. The Hall–Kier alpha value is -2.74. The van der Waals surface area contributed by atoms with Gasteiger partial charge in [0.1, 0.15) is 31.9 Å². The fourth-order valence-corrected chi connectivity index (χ4v) is 4.72. The van der Waals surface area contributed by atoms with E-state index < -0.39 is 31.5 Å². The minimum Gasteiger partial charge on any atom is -0.492 e. The number of aryl methyl sites for hydroxylation is 1. The number of pyridine rings is 2. The van der Waals surface area contributed by atoms with Gasteiger partial charge in [0.2, 0.25) is 0 Å². The first kappa shape index (κ1) is 24.9. The lowest BCUT2D eigenvalue weighted by molar-refractivity contribution is -0.141. The maximum absolute atomic E-state index is 13.0. The monoisotopic (exact) mass is 506 g/mol. The number of halogens is 3. The first-order valence-electron chi connectivity index (χ1n) is 9.66. The van der Waals surface area contributed by atoms with Crippen LogP contribution in [0.2, 0.25) is 0 Å². The number of alkyl halides is 3. The Balaban J connectivity index is 2.05. The van der Waals surface area contributed by atoms with E-state index in [0.717, 1.165) is 18.5 Å². The molecule has 3 rings (SSSR count). The molecule has 0 saturated heterocycles. The van der Waals surface area contributed by atoms with Crippen LogP contribution in [0.1, 0.15) is 19.0 Å². The number of imidazole rings is 1. The molecular weight excluding hydrogens is 485 g/mol. The molecule has 0 aliphatic carbocycles. The van der Waals surface area contributed by atoms with Gasteiger partial charge in [-0.05, 0) is 12.5 Å². The van der Waals surface area contributed by atoms with Gasteiger partial charge < -0.3 is 9.30 Å². The third-order valence-electron chi connectivity index (χ3n) is 4.74. The molecule has 0 aliphatic rings. The molecule has 3 aromatic rings. The van der Waals surface area contributed by atoms with Crippen LogP contribution in [0, 0.1) is 0 Å². The van der Waals surface area contributed by atoms with Crippen LogP contribution in [0.15, 0.2) is 29.4 Å². The van der Waals surface area contributed by atoms with Gasteiger partial charge >= 0.3 is 6.18 Å². The van der Waals surface area contributed by atoms with Crippen molar-refractivity contribution in [2.75, 3.05) is 24.4 Å². The molecule has 14 heteroatoms. The topological polar surface area (TPSA) is 121 Å². The Kier molecular flexibility index (Phi) is 6.71. The molecule has 0 bridgehead atoms. The summed E-state index contributed by atoms with van der Waals surface area (Å²) in [4.78, 5) is 11.6. The summed E-state index contributed by atoms with van der Waals surface area (Å²) in [6.07, 6.45) is -1.09. The number of ether oxygens (including phenoxy) is 1. The normalized spacial score (nSPS) is 12.9. The van der Waals surface area contributed by atoms with Crippen molar-refractivity contribution in [3.05, 3.63) is 30.2 Å². The van der Waals surface area contributed by atoms with Crippen LogP contribution in [0.3, 0.4) is 0 Å². The Labute approximate surface area is 188 Å². The van der Waals surface area contributed by atoms with E-state index in [1.165, 1.54) is 30.8 Å². The van der Waals surface area contributed by atoms with Crippen molar-refractivity contribution in [1.82, 2.24) is 19.5 Å². The van der Waals surface area contributed by atoms with Crippen molar-refractivity contribution in [3.8, 4) is 17.3 Å². The van der Waals surface area contributed by atoms with Crippen LogP contribution >= 0.6 is 0 Å². The summed E-state index contributed by atoms with van der Waals surface area (Å²) >= 11 is 0. The van der Waals surface area contributed by atoms with Crippen molar-refractivity contribution in [2.45, 2.75) is 24.4 Å². The SMILES string of the molecule is CCS(=O)(=O)c1cc(OCCCS(C)(=O)=O)cnc1-c1nc2cc(C(F)(F)F)ncc2n1C. The average Bonchev–Trinajstić information content (AvgIpc) is 3.05. The Morgan fingerprint density at radius 2 is 1.79 bits per heavy atom. The van der Waals surface area contributed by atoms with Gasteiger partial charge in [0.15, 0.2) is 15.7 Å². The molecule has 3 aromatic heterocycles. The molecule has 0 N–H and O–H groups in total. The van der Waals surface area contributed by atoms with Crippen molar-refractivity contribution in [2.24, 2.45) is 7.05 Å². The van der Waals surface area contributed by atoms with E-state index >= 15 is 0 Å². The van der Waals surface area contributed by atoms with E-state index in [1.54, 1.807) is 0 Å². The molecule has 0 fully saturated rings. The quantitative estimate of drug-likeness (QED) is 0.428. The highest BCUT2D eigenvalue weighted by Gasteiger charge is 2.33. The molecule has 0 saturated carbocycles. The molecule has 180 valence electrons. The van der Waals surface area contributed by atoms with E-state index in [1.807, 2.05) is 0 Å². The van der Waals surface area contributed by atoms with E-state index in [2.05, 4.69) is 15.0 Å². The van der Waals surface area contributed by atoms with Crippen LogP contribution < -0.4 is 4.74 Å². The van der Waals surface area contributed by atoms with Gasteiger partial charge in [0, 0.05) is 19.4 Å². The predicted octanol–water partition coefficient (Wildman–Crippen LogP) is 2.66. The second-order valence-electron chi connectivity index (χ2n) is 7.30. The number of hydrogen-bond donors (Lipinski definition) is 0. The zero-order valence-corrected chi connectivity index (χ0v) is 19.6. The smallest absolute Gasteiger partial charge is 0.433 e. The highest BCUT2D eigenvalue weighted by Crippen LogP contribution is 2.33. The third-order valence-corrected chi connectivity index (χ3v) is 7.51. The van der Waals surface area contributed by atoms with Crippen molar-refractivity contribution in [1.29, 1.82) is 0 Å². The molecule has 0 aliphatic heterocycles. The van der Waals surface area contributed by atoms with Crippen LogP contribution in [-0.4, -0.2) is 60.7 Å².